The van der Waals surface area contributed by atoms with E-state index in [9.17, 15) is 4.79 Å². The van der Waals surface area contributed by atoms with Gasteiger partial charge in [0.15, 0.2) is 0 Å². The Morgan fingerprint density at radius 3 is 2.77 bits per heavy atom. The summed E-state index contributed by atoms with van der Waals surface area (Å²) in [6, 6.07) is 15.5. The van der Waals surface area contributed by atoms with Crippen LogP contribution in [0.5, 0.6) is 0 Å². The Labute approximate surface area is 156 Å². The summed E-state index contributed by atoms with van der Waals surface area (Å²) in [5, 5.41) is 4.61. The third kappa shape index (κ3) is 3.22. The van der Waals surface area contributed by atoms with E-state index in [2.05, 4.69) is 29.2 Å². The fourth-order valence-corrected chi connectivity index (χ4v) is 3.46. The first-order valence-electron chi connectivity index (χ1n) is 8.52. The van der Waals surface area contributed by atoms with Crippen LogP contribution in [0, 0.1) is 6.92 Å². The van der Waals surface area contributed by atoms with E-state index in [1.165, 1.54) is 5.56 Å². The van der Waals surface area contributed by atoms with Gasteiger partial charge in [-0.25, -0.2) is 0 Å². The summed E-state index contributed by atoms with van der Waals surface area (Å²) in [7, 11) is 0. The predicted molar refractivity (Wildman–Crippen MR) is 98.7 cm³/mol. The van der Waals surface area contributed by atoms with Gasteiger partial charge in [0.1, 0.15) is 0 Å². The van der Waals surface area contributed by atoms with E-state index in [1.54, 1.807) is 6.07 Å². The second-order valence-electron chi connectivity index (χ2n) is 6.54. The van der Waals surface area contributed by atoms with Crippen LogP contribution in [-0.4, -0.2) is 27.5 Å². The van der Waals surface area contributed by atoms with Crippen molar-refractivity contribution < 1.29 is 9.32 Å². The number of likely N-dealkylation sites (tertiary alicyclic amines) is 1. The highest BCUT2D eigenvalue weighted by Crippen LogP contribution is 2.31. The zero-order valence-corrected chi connectivity index (χ0v) is 15.1. The lowest BCUT2D eigenvalue weighted by Crippen LogP contribution is -2.24. The average Bonchev–Trinajstić information content (AvgIpc) is 3.25. The molecule has 0 bridgehead atoms. The maximum Gasteiger partial charge on any atom is 0.232 e. The van der Waals surface area contributed by atoms with Crippen LogP contribution in [0.15, 0.2) is 53.1 Å². The van der Waals surface area contributed by atoms with E-state index >= 15 is 0 Å². The molecular formula is C20H18ClN3O2. The van der Waals surface area contributed by atoms with Crippen molar-refractivity contribution in [3.8, 4) is 11.4 Å². The fraction of sp³-hybridized carbons (Fsp3) is 0.250. The largest absolute Gasteiger partial charge is 0.339 e. The number of rotatable bonds is 4. The van der Waals surface area contributed by atoms with E-state index < -0.39 is 0 Å². The number of carbonyl (C=O) groups is 1. The zero-order valence-electron chi connectivity index (χ0n) is 14.4. The Morgan fingerprint density at radius 2 is 1.96 bits per heavy atom. The first-order chi connectivity index (χ1) is 12.6. The molecule has 1 aromatic heterocycles. The van der Waals surface area contributed by atoms with Gasteiger partial charge in [0.25, 0.3) is 0 Å². The molecule has 1 unspecified atom stereocenters. The molecule has 1 amide bonds. The van der Waals surface area contributed by atoms with E-state index in [4.69, 9.17) is 16.1 Å². The summed E-state index contributed by atoms with van der Waals surface area (Å²) < 4.78 is 5.43. The van der Waals surface area contributed by atoms with Gasteiger partial charge in [-0.1, -0.05) is 53.2 Å². The molecule has 3 aromatic rings. The smallest absolute Gasteiger partial charge is 0.232 e. The fourth-order valence-electron chi connectivity index (χ4n) is 3.24. The maximum absolute atomic E-state index is 12.4. The van der Waals surface area contributed by atoms with Gasteiger partial charge in [0.2, 0.25) is 17.6 Å². The van der Waals surface area contributed by atoms with E-state index in [0.29, 0.717) is 36.2 Å². The lowest BCUT2D eigenvalue weighted by Gasteiger charge is -2.17. The third-order valence-electron chi connectivity index (χ3n) is 4.74. The number of amides is 1. The molecule has 5 nitrogen and oxygen atoms in total. The Balaban J connectivity index is 1.51. The van der Waals surface area contributed by atoms with Crippen LogP contribution in [0.1, 0.15) is 29.4 Å². The van der Waals surface area contributed by atoms with E-state index in [-0.39, 0.29) is 11.8 Å². The standard InChI is InChI=1S/C20H18ClN3O2/c1-13-6-2-3-7-14(13)11-24-12-15(10-18(24)25)20-22-19(23-26-20)16-8-4-5-9-17(16)21/h2-9,15H,10-12H2,1H3. The van der Waals surface area contributed by atoms with Gasteiger partial charge in [-0.15, -0.1) is 0 Å². The predicted octanol–water partition coefficient (Wildman–Crippen LogP) is 4.21. The number of carbonyl (C=O) groups excluding carboxylic acids is 1. The molecule has 1 aliphatic heterocycles. The Hall–Kier alpha value is -2.66. The van der Waals surface area contributed by atoms with E-state index in [1.807, 2.05) is 35.2 Å². The Kier molecular flexibility index (Phi) is 4.47. The van der Waals surface area contributed by atoms with Gasteiger partial charge in [-0.05, 0) is 30.2 Å². The quantitative estimate of drug-likeness (QED) is 0.693. The highest BCUT2D eigenvalue weighted by Gasteiger charge is 2.34. The first-order valence-corrected chi connectivity index (χ1v) is 8.90. The number of benzene rings is 2. The molecule has 0 N–H and O–H groups in total. The normalized spacial score (nSPS) is 17.1. The maximum atomic E-state index is 12.4. The van der Waals surface area contributed by atoms with Gasteiger partial charge in [-0.2, -0.15) is 4.98 Å². The molecule has 0 spiro atoms. The van der Waals surface area contributed by atoms with Gasteiger partial charge in [0, 0.05) is 25.1 Å². The number of aromatic nitrogens is 2. The molecule has 0 radical (unpaired) electrons. The highest BCUT2D eigenvalue weighted by molar-refractivity contribution is 6.33. The van der Waals surface area contributed by atoms with Gasteiger partial charge >= 0.3 is 0 Å². The van der Waals surface area contributed by atoms with Crippen molar-refractivity contribution in [1.29, 1.82) is 0 Å². The molecule has 0 aliphatic carbocycles. The second kappa shape index (κ2) is 6.92. The zero-order chi connectivity index (χ0) is 18.1. The molecule has 2 aromatic carbocycles. The summed E-state index contributed by atoms with van der Waals surface area (Å²) >= 11 is 6.20. The third-order valence-corrected chi connectivity index (χ3v) is 5.07. The Bertz CT molecular complexity index is 953. The highest BCUT2D eigenvalue weighted by atomic mass is 35.5. The summed E-state index contributed by atoms with van der Waals surface area (Å²) in [6.45, 7) is 3.24. The lowest BCUT2D eigenvalue weighted by atomic mass is 10.1. The molecule has 6 heteroatoms. The molecule has 0 saturated carbocycles. The Morgan fingerprint density at radius 1 is 1.19 bits per heavy atom. The summed E-state index contributed by atoms with van der Waals surface area (Å²) in [5.41, 5.74) is 3.07. The van der Waals surface area contributed by atoms with Crippen LogP contribution in [0.3, 0.4) is 0 Å². The molecule has 1 saturated heterocycles. The number of hydrogen-bond donors (Lipinski definition) is 0. The van der Waals surface area contributed by atoms with Crippen LogP contribution >= 0.6 is 11.6 Å². The van der Waals surface area contributed by atoms with Gasteiger partial charge < -0.3 is 9.42 Å². The molecule has 4 rings (SSSR count). The molecule has 1 atom stereocenters. The van der Waals surface area contributed by atoms with Crippen LogP contribution in [0.25, 0.3) is 11.4 Å². The number of nitrogens with zero attached hydrogens (tertiary/aromatic N) is 3. The second-order valence-corrected chi connectivity index (χ2v) is 6.95. The van der Waals surface area contributed by atoms with Gasteiger partial charge in [-0.3, -0.25) is 4.79 Å². The number of halogens is 1. The topological polar surface area (TPSA) is 59.2 Å². The van der Waals surface area contributed by atoms with Crippen molar-refractivity contribution >= 4 is 17.5 Å². The summed E-state index contributed by atoms with van der Waals surface area (Å²) in [6.07, 6.45) is 0.385. The average molecular weight is 368 g/mol. The van der Waals surface area contributed by atoms with Crippen molar-refractivity contribution in [3.63, 3.8) is 0 Å². The molecule has 26 heavy (non-hydrogen) atoms. The first kappa shape index (κ1) is 16.8. The lowest BCUT2D eigenvalue weighted by molar-refractivity contribution is -0.128. The van der Waals surface area contributed by atoms with Crippen molar-refractivity contribution in [2.45, 2.75) is 25.8 Å². The van der Waals surface area contributed by atoms with E-state index in [0.717, 1.165) is 11.1 Å². The molecule has 1 aliphatic rings. The van der Waals surface area contributed by atoms with Crippen LogP contribution in [0.4, 0.5) is 0 Å². The molecular weight excluding hydrogens is 350 g/mol. The van der Waals surface area contributed by atoms with Crippen molar-refractivity contribution in [2.75, 3.05) is 6.54 Å². The molecule has 1 fully saturated rings. The molecule has 2 heterocycles. The van der Waals surface area contributed by atoms with Crippen molar-refractivity contribution in [2.24, 2.45) is 0 Å². The van der Waals surface area contributed by atoms with Crippen LogP contribution in [0.2, 0.25) is 5.02 Å². The minimum Gasteiger partial charge on any atom is -0.339 e. The van der Waals surface area contributed by atoms with Gasteiger partial charge in [0.05, 0.1) is 10.9 Å². The number of aryl methyl sites for hydroxylation is 1. The van der Waals surface area contributed by atoms with Crippen LogP contribution < -0.4 is 0 Å². The SMILES string of the molecule is Cc1ccccc1CN1CC(c2nc(-c3ccccc3Cl)no2)CC1=O. The van der Waals surface area contributed by atoms with Crippen molar-refractivity contribution in [1.82, 2.24) is 15.0 Å². The summed E-state index contributed by atoms with van der Waals surface area (Å²) in [4.78, 5) is 18.7. The molecule has 132 valence electrons. The minimum atomic E-state index is -0.0877. The van der Waals surface area contributed by atoms with Crippen LogP contribution in [-0.2, 0) is 11.3 Å². The van der Waals surface area contributed by atoms with Crippen molar-refractivity contribution in [3.05, 3.63) is 70.6 Å². The number of hydrogen-bond acceptors (Lipinski definition) is 4. The monoisotopic (exact) mass is 367 g/mol. The summed E-state index contributed by atoms with van der Waals surface area (Å²) in [5.74, 6) is 0.960. The minimum absolute atomic E-state index is 0.0877.